The summed E-state index contributed by atoms with van der Waals surface area (Å²) in [5.74, 6) is 1.92. The van der Waals surface area contributed by atoms with Gasteiger partial charge in [0.05, 0.1) is 20.4 Å². The van der Waals surface area contributed by atoms with Crippen LogP contribution in [0.25, 0.3) is 11.1 Å². The highest BCUT2D eigenvalue weighted by molar-refractivity contribution is 9.10. The van der Waals surface area contributed by atoms with Crippen molar-refractivity contribution in [2.45, 2.75) is 6.92 Å². The standard InChI is InChI=1S/C12H14BrN3O2/c1-6-4-7(8-5-15-16-12(8)14)11(18-3)9(13)10(6)17-2/h4-5H,1-3H3,(H3,14,15,16). The average molecular weight is 312 g/mol. The summed E-state index contributed by atoms with van der Waals surface area (Å²) < 4.78 is 11.5. The topological polar surface area (TPSA) is 73.2 Å². The van der Waals surface area contributed by atoms with E-state index in [2.05, 4.69) is 26.1 Å². The second-order valence-electron chi connectivity index (χ2n) is 3.82. The summed E-state index contributed by atoms with van der Waals surface area (Å²) in [4.78, 5) is 0. The van der Waals surface area contributed by atoms with E-state index >= 15 is 0 Å². The van der Waals surface area contributed by atoms with Gasteiger partial charge in [-0.3, -0.25) is 5.10 Å². The first-order chi connectivity index (χ1) is 8.60. The van der Waals surface area contributed by atoms with E-state index in [1.807, 2.05) is 13.0 Å². The summed E-state index contributed by atoms with van der Waals surface area (Å²) in [6.45, 7) is 1.96. The van der Waals surface area contributed by atoms with Gasteiger partial charge < -0.3 is 15.2 Å². The number of rotatable bonds is 3. The van der Waals surface area contributed by atoms with Crippen LogP contribution in [0.15, 0.2) is 16.7 Å². The Bertz CT molecular complexity index is 581. The van der Waals surface area contributed by atoms with Gasteiger partial charge in [-0.05, 0) is 34.5 Å². The largest absolute Gasteiger partial charge is 0.495 e. The summed E-state index contributed by atoms with van der Waals surface area (Å²) in [7, 11) is 3.23. The maximum Gasteiger partial charge on any atom is 0.144 e. The molecule has 0 fully saturated rings. The molecule has 0 saturated carbocycles. The first-order valence-corrected chi connectivity index (χ1v) is 6.09. The minimum atomic E-state index is 0.504. The third-order valence-electron chi connectivity index (χ3n) is 2.73. The highest BCUT2D eigenvalue weighted by Crippen LogP contribution is 2.45. The van der Waals surface area contributed by atoms with Crippen molar-refractivity contribution in [3.05, 3.63) is 22.3 Å². The maximum atomic E-state index is 5.85. The number of anilines is 1. The molecule has 18 heavy (non-hydrogen) atoms. The fourth-order valence-corrected chi connectivity index (χ4v) is 2.75. The zero-order valence-corrected chi connectivity index (χ0v) is 12.0. The summed E-state index contributed by atoms with van der Waals surface area (Å²) in [6, 6.07) is 1.96. The number of benzene rings is 1. The lowest BCUT2D eigenvalue weighted by Crippen LogP contribution is -1.97. The molecule has 5 nitrogen and oxygen atoms in total. The van der Waals surface area contributed by atoms with Crippen molar-refractivity contribution in [1.29, 1.82) is 0 Å². The molecular formula is C12H14BrN3O2. The Morgan fingerprint density at radius 3 is 2.39 bits per heavy atom. The van der Waals surface area contributed by atoms with Gasteiger partial charge >= 0.3 is 0 Å². The minimum Gasteiger partial charge on any atom is -0.495 e. The predicted molar refractivity (Wildman–Crippen MR) is 74.0 cm³/mol. The lowest BCUT2D eigenvalue weighted by atomic mass is 10.0. The molecule has 0 saturated heterocycles. The van der Waals surface area contributed by atoms with Gasteiger partial charge in [-0.2, -0.15) is 5.10 Å². The van der Waals surface area contributed by atoms with Crippen molar-refractivity contribution < 1.29 is 9.47 Å². The van der Waals surface area contributed by atoms with Crippen molar-refractivity contribution >= 4 is 21.7 Å². The molecule has 96 valence electrons. The smallest absolute Gasteiger partial charge is 0.144 e. The SMILES string of the molecule is COc1c(C)cc(-c2cn[nH]c2N)c(OC)c1Br. The molecule has 1 heterocycles. The van der Waals surface area contributed by atoms with Gasteiger partial charge in [0.2, 0.25) is 0 Å². The average Bonchev–Trinajstić information content (AvgIpc) is 2.75. The lowest BCUT2D eigenvalue weighted by Gasteiger charge is -2.15. The van der Waals surface area contributed by atoms with Gasteiger partial charge in [-0.15, -0.1) is 0 Å². The van der Waals surface area contributed by atoms with Crippen LogP contribution in [0.5, 0.6) is 11.5 Å². The number of hydrogen-bond acceptors (Lipinski definition) is 4. The van der Waals surface area contributed by atoms with Crippen LogP contribution in [0.2, 0.25) is 0 Å². The molecule has 3 N–H and O–H groups in total. The summed E-state index contributed by atoms with van der Waals surface area (Å²) in [6.07, 6.45) is 1.67. The number of aromatic amines is 1. The van der Waals surface area contributed by atoms with Crippen LogP contribution in [-0.4, -0.2) is 24.4 Å². The molecule has 2 aromatic rings. The molecular weight excluding hydrogens is 298 g/mol. The first-order valence-electron chi connectivity index (χ1n) is 5.30. The van der Waals surface area contributed by atoms with Crippen LogP contribution in [0, 0.1) is 6.92 Å². The van der Waals surface area contributed by atoms with E-state index in [1.165, 1.54) is 0 Å². The monoisotopic (exact) mass is 311 g/mol. The molecule has 0 aliphatic carbocycles. The predicted octanol–water partition coefficient (Wildman–Crippen LogP) is 2.75. The van der Waals surface area contributed by atoms with Crippen LogP contribution in [-0.2, 0) is 0 Å². The zero-order valence-electron chi connectivity index (χ0n) is 10.4. The number of halogens is 1. The lowest BCUT2D eigenvalue weighted by molar-refractivity contribution is 0.388. The number of H-pyrrole nitrogens is 1. The highest BCUT2D eigenvalue weighted by Gasteiger charge is 2.19. The summed E-state index contributed by atoms with van der Waals surface area (Å²) >= 11 is 3.49. The molecule has 0 aliphatic heterocycles. The van der Waals surface area contributed by atoms with Crippen molar-refractivity contribution in [2.24, 2.45) is 0 Å². The minimum absolute atomic E-state index is 0.504. The fraction of sp³-hybridized carbons (Fsp3) is 0.250. The molecule has 1 aromatic carbocycles. The number of aromatic nitrogens is 2. The van der Waals surface area contributed by atoms with Crippen LogP contribution in [0.3, 0.4) is 0 Å². The molecule has 6 heteroatoms. The first kappa shape index (κ1) is 12.8. The van der Waals surface area contributed by atoms with Gasteiger partial charge in [-0.1, -0.05) is 0 Å². The molecule has 0 bridgehead atoms. The van der Waals surface area contributed by atoms with Crippen LogP contribution in [0.1, 0.15) is 5.56 Å². The molecule has 0 radical (unpaired) electrons. The van der Waals surface area contributed by atoms with Crippen molar-refractivity contribution in [1.82, 2.24) is 10.2 Å². The van der Waals surface area contributed by atoms with Gasteiger partial charge in [0.15, 0.2) is 0 Å². The van der Waals surface area contributed by atoms with E-state index in [0.29, 0.717) is 11.6 Å². The van der Waals surface area contributed by atoms with E-state index in [0.717, 1.165) is 26.9 Å². The van der Waals surface area contributed by atoms with Crippen molar-refractivity contribution in [3.63, 3.8) is 0 Å². The fourth-order valence-electron chi connectivity index (χ4n) is 1.90. The summed E-state index contributed by atoms with van der Waals surface area (Å²) in [5.41, 5.74) is 8.51. The van der Waals surface area contributed by atoms with E-state index in [1.54, 1.807) is 20.4 Å². The molecule has 0 aliphatic rings. The molecule has 0 amide bonds. The van der Waals surface area contributed by atoms with Gasteiger partial charge in [-0.25, -0.2) is 0 Å². The van der Waals surface area contributed by atoms with Gasteiger partial charge in [0, 0.05) is 11.1 Å². The Kier molecular flexibility index (Phi) is 3.47. The van der Waals surface area contributed by atoms with Crippen LogP contribution in [0.4, 0.5) is 5.82 Å². The number of ether oxygens (including phenoxy) is 2. The number of nitrogens with one attached hydrogen (secondary N) is 1. The van der Waals surface area contributed by atoms with E-state index in [-0.39, 0.29) is 0 Å². The quantitative estimate of drug-likeness (QED) is 0.914. The second-order valence-corrected chi connectivity index (χ2v) is 4.61. The second kappa shape index (κ2) is 4.89. The van der Waals surface area contributed by atoms with Crippen LogP contribution >= 0.6 is 15.9 Å². The third-order valence-corrected chi connectivity index (χ3v) is 3.45. The Hall–Kier alpha value is -1.69. The molecule has 0 unspecified atom stereocenters. The third kappa shape index (κ3) is 1.92. The van der Waals surface area contributed by atoms with Crippen molar-refractivity contribution in [3.8, 4) is 22.6 Å². The number of nitrogens with two attached hydrogens (primary N) is 1. The molecule has 2 rings (SSSR count). The number of methoxy groups -OCH3 is 2. The van der Waals surface area contributed by atoms with E-state index in [4.69, 9.17) is 15.2 Å². The number of aryl methyl sites for hydroxylation is 1. The van der Waals surface area contributed by atoms with Crippen molar-refractivity contribution in [2.75, 3.05) is 20.0 Å². The number of nitrogen functional groups attached to an aromatic ring is 1. The van der Waals surface area contributed by atoms with Gasteiger partial charge in [0.25, 0.3) is 0 Å². The number of hydrogen-bond donors (Lipinski definition) is 2. The Morgan fingerprint density at radius 1 is 1.22 bits per heavy atom. The van der Waals surface area contributed by atoms with Gasteiger partial charge in [0.1, 0.15) is 21.8 Å². The number of nitrogens with zero attached hydrogens (tertiary/aromatic N) is 1. The normalized spacial score (nSPS) is 10.4. The Labute approximate surface area is 113 Å². The van der Waals surface area contributed by atoms with E-state index < -0.39 is 0 Å². The molecule has 0 atom stereocenters. The molecule has 1 aromatic heterocycles. The van der Waals surface area contributed by atoms with Crippen LogP contribution < -0.4 is 15.2 Å². The highest BCUT2D eigenvalue weighted by atomic mass is 79.9. The van der Waals surface area contributed by atoms with E-state index in [9.17, 15) is 0 Å². The summed E-state index contributed by atoms with van der Waals surface area (Å²) in [5, 5.41) is 6.63. The molecule has 0 spiro atoms. The Morgan fingerprint density at radius 2 is 1.89 bits per heavy atom. The Balaban J connectivity index is 2.72. The maximum absolute atomic E-state index is 5.85. The zero-order chi connectivity index (χ0) is 13.3.